The van der Waals surface area contributed by atoms with E-state index in [1.165, 1.54) is 0 Å². The molecule has 0 radical (unpaired) electrons. The first-order valence-electron chi connectivity index (χ1n) is 10.5. The van der Waals surface area contributed by atoms with Crippen molar-refractivity contribution in [1.82, 2.24) is 0 Å². The Hall–Kier alpha value is 1.49. The summed E-state index contributed by atoms with van der Waals surface area (Å²) in [4.78, 5) is 24.2. The number of ether oxygens (including phenoxy) is 2. The van der Waals surface area contributed by atoms with Crippen LogP contribution in [0.25, 0.3) is 0 Å². The van der Waals surface area contributed by atoms with E-state index in [1.54, 1.807) is 0 Å². The van der Waals surface area contributed by atoms with Crippen molar-refractivity contribution in [2.24, 2.45) is 11.8 Å². The number of carbonyl (C=O) groups is 2. The molecule has 7 nitrogen and oxygen atoms in total. The van der Waals surface area contributed by atoms with E-state index < -0.39 is 33.7 Å². The SMILES string of the molecule is CCCCC(CC)COC(=O)CC(C(=O)OCC(CC)CCCC)S(=O)(=O)O.[KH].[NaH]. The van der Waals surface area contributed by atoms with Crippen molar-refractivity contribution in [3.05, 3.63) is 0 Å². The molecule has 0 aromatic carbocycles. The summed E-state index contributed by atoms with van der Waals surface area (Å²) >= 11 is 0. The van der Waals surface area contributed by atoms with Gasteiger partial charge < -0.3 is 9.47 Å². The van der Waals surface area contributed by atoms with E-state index in [0.717, 1.165) is 51.4 Å². The van der Waals surface area contributed by atoms with Crippen molar-refractivity contribution in [2.45, 2.75) is 90.7 Å². The number of hydrogen-bond acceptors (Lipinski definition) is 6. The molecule has 0 aromatic rings. The molecule has 0 saturated carbocycles. The Morgan fingerprint density at radius 1 is 0.867 bits per heavy atom. The molecule has 0 bridgehead atoms. The van der Waals surface area contributed by atoms with Crippen LogP contribution < -0.4 is 0 Å². The summed E-state index contributed by atoms with van der Waals surface area (Å²) in [5, 5.41) is -1.95. The van der Waals surface area contributed by atoms with Crippen molar-refractivity contribution in [3.63, 3.8) is 0 Å². The molecule has 0 saturated heterocycles. The van der Waals surface area contributed by atoms with Gasteiger partial charge in [0.15, 0.2) is 5.25 Å². The Labute approximate surface area is 247 Å². The van der Waals surface area contributed by atoms with Crippen molar-refractivity contribution in [2.75, 3.05) is 13.2 Å². The van der Waals surface area contributed by atoms with E-state index in [0.29, 0.717) is 0 Å². The first kappa shape index (κ1) is 36.1. The predicted octanol–water partition coefficient (Wildman–Crippen LogP) is 2.86. The van der Waals surface area contributed by atoms with E-state index >= 15 is 0 Å². The molecular weight excluding hydrogens is 446 g/mol. The van der Waals surface area contributed by atoms with Gasteiger partial charge in [-0.2, -0.15) is 8.42 Å². The van der Waals surface area contributed by atoms with Gasteiger partial charge in [0.2, 0.25) is 0 Å². The summed E-state index contributed by atoms with van der Waals surface area (Å²) in [6.45, 7) is 8.35. The summed E-state index contributed by atoms with van der Waals surface area (Å²) in [6, 6.07) is 0. The number of carbonyl (C=O) groups excluding carboxylic acids is 2. The third-order valence-corrected chi connectivity index (χ3v) is 6.08. The zero-order chi connectivity index (χ0) is 21.6. The summed E-state index contributed by atoms with van der Waals surface area (Å²) < 4.78 is 42.8. The van der Waals surface area contributed by atoms with Crippen LogP contribution in [-0.2, 0) is 29.2 Å². The van der Waals surface area contributed by atoms with Gasteiger partial charge in [-0.15, -0.1) is 0 Å². The van der Waals surface area contributed by atoms with Gasteiger partial charge in [0.1, 0.15) is 0 Å². The number of unbranched alkanes of at least 4 members (excludes halogenated alkanes) is 2. The Kier molecular flexibility index (Phi) is 25.3. The van der Waals surface area contributed by atoms with Gasteiger partial charge in [-0.25, -0.2) is 0 Å². The van der Waals surface area contributed by atoms with Gasteiger partial charge in [-0.1, -0.05) is 66.2 Å². The quantitative estimate of drug-likeness (QED) is 0.203. The molecule has 0 fully saturated rings. The second-order valence-electron chi connectivity index (χ2n) is 7.35. The van der Waals surface area contributed by atoms with E-state index in [1.807, 2.05) is 13.8 Å². The molecule has 170 valence electrons. The van der Waals surface area contributed by atoms with Gasteiger partial charge in [-0.3, -0.25) is 14.1 Å². The molecule has 1 N–H and O–H groups in total. The number of rotatable bonds is 16. The van der Waals surface area contributed by atoms with Gasteiger partial charge in [0, 0.05) is 0 Å². The average Bonchev–Trinajstić information content (AvgIpc) is 2.65. The van der Waals surface area contributed by atoms with Gasteiger partial charge in [-0.05, 0) is 24.7 Å². The van der Waals surface area contributed by atoms with E-state index in [9.17, 15) is 22.6 Å². The molecule has 0 aliphatic rings. The molecule has 0 heterocycles. The van der Waals surface area contributed by atoms with Crippen LogP contribution in [0.2, 0.25) is 0 Å². The minimum absolute atomic E-state index is 0. The van der Waals surface area contributed by atoms with Crippen LogP contribution in [-0.4, -0.2) is 124 Å². The van der Waals surface area contributed by atoms with Crippen LogP contribution in [0, 0.1) is 11.8 Å². The number of esters is 2. The fraction of sp³-hybridized carbons (Fsp3) is 0.900. The van der Waals surface area contributed by atoms with Crippen LogP contribution in [0.4, 0.5) is 0 Å². The Bertz CT molecular complexity index is 557. The molecular formula is C20H40KNaO7S. The monoisotopic (exact) mass is 486 g/mol. The van der Waals surface area contributed by atoms with E-state index in [2.05, 4.69) is 13.8 Å². The van der Waals surface area contributed by atoms with Crippen LogP contribution in [0.3, 0.4) is 0 Å². The van der Waals surface area contributed by atoms with E-state index in [-0.39, 0.29) is 106 Å². The standard InChI is InChI=1S/C20H38O7S.K.Na.2H/c1-5-9-11-16(7-3)14-26-19(21)13-18(28(23,24)25)20(22)27-15-17(8-4)12-10-6-2;;;;/h16-18H,5-15H2,1-4H3,(H,23,24,25);;;;. The Morgan fingerprint density at radius 3 is 1.67 bits per heavy atom. The van der Waals surface area contributed by atoms with Crippen molar-refractivity contribution in [1.29, 1.82) is 0 Å². The van der Waals surface area contributed by atoms with Crippen LogP contribution in [0.15, 0.2) is 0 Å². The van der Waals surface area contributed by atoms with Crippen LogP contribution in [0.1, 0.15) is 85.5 Å². The van der Waals surface area contributed by atoms with E-state index in [4.69, 9.17) is 9.47 Å². The van der Waals surface area contributed by atoms with Gasteiger partial charge in [0.05, 0.1) is 19.6 Å². The fourth-order valence-electron chi connectivity index (χ4n) is 2.82. The molecule has 30 heavy (non-hydrogen) atoms. The van der Waals surface area contributed by atoms with Crippen LogP contribution in [0.5, 0.6) is 0 Å². The topological polar surface area (TPSA) is 107 Å². The first-order valence-corrected chi connectivity index (χ1v) is 12.0. The van der Waals surface area contributed by atoms with Crippen molar-refractivity contribution in [3.8, 4) is 0 Å². The molecule has 10 heteroatoms. The summed E-state index contributed by atoms with van der Waals surface area (Å²) in [5.41, 5.74) is 0. The maximum absolute atomic E-state index is 12.2. The van der Waals surface area contributed by atoms with Crippen molar-refractivity contribution < 1.29 is 32.0 Å². The summed E-state index contributed by atoms with van der Waals surface area (Å²) in [7, 11) is -4.76. The Morgan fingerprint density at radius 2 is 1.30 bits per heavy atom. The molecule has 3 atom stereocenters. The van der Waals surface area contributed by atoms with Gasteiger partial charge >= 0.3 is 92.9 Å². The van der Waals surface area contributed by atoms with Crippen LogP contribution >= 0.6 is 0 Å². The zero-order valence-electron chi connectivity index (χ0n) is 17.8. The number of hydrogen-bond donors (Lipinski definition) is 1. The Balaban J connectivity index is -0.00000364. The normalized spacial score (nSPS) is 13.9. The molecule has 0 aliphatic carbocycles. The van der Waals surface area contributed by atoms with Crippen molar-refractivity contribution >= 4 is 103 Å². The molecule has 0 aliphatic heterocycles. The molecule has 3 unspecified atom stereocenters. The maximum atomic E-state index is 12.2. The molecule has 0 rings (SSSR count). The predicted molar refractivity (Wildman–Crippen MR) is 123 cm³/mol. The third kappa shape index (κ3) is 17.0. The van der Waals surface area contributed by atoms with Gasteiger partial charge in [0.25, 0.3) is 10.1 Å². The average molecular weight is 487 g/mol. The second kappa shape index (κ2) is 21.0. The molecule has 0 aromatic heterocycles. The minimum atomic E-state index is -4.76. The molecule has 0 spiro atoms. The molecule has 0 amide bonds. The second-order valence-corrected chi connectivity index (χ2v) is 8.95. The third-order valence-electron chi connectivity index (χ3n) is 5.00. The zero-order valence-corrected chi connectivity index (χ0v) is 18.6. The first-order chi connectivity index (χ1) is 13.2. The fourth-order valence-corrected chi connectivity index (χ4v) is 3.48. The summed E-state index contributed by atoms with van der Waals surface area (Å²) in [6.07, 6.45) is 6.74. The summed E-state index contributed by atoms with van der Waals surface area (Å²) in [5.74, 6) is -1.61.